The van der Waals surface area contributed by atoms with Gasteiger partial charge in [0.2, 0.25) is 5.91 Å². The number of rotatable bonds is 4. The number of amides is 1. The number of aryl methyl sites for hydroxylation is 1. The largest absolute Gasteiger partial charge is 0.480 e. The highest BCUT2D eigenvalue weighted by molar-refractivity contribution is 6.32. The van der Waals surface area contributed by atoms with Crippen LogP contribution in [0, 0.1) is 6.92 Å². The third kappa shape index (κ3) is 3.55. The Morgan fingerprint density at radius 3 is 2.75 bits per heavy atom. The fourth-order valence-electron chi connectivity index (χ4n) is 1.25. The molecule has 0 atom stereocenters. The molecule has 0 aliphatic carbocycles. The molecule has 4 nitrogen and oxygen atoms in total. The van der Waals surface area contributed by atoms with E-state index in [9.17, 15) is 9.59 Å². The molecule has 0 aliphatic heterocycles. The molecule has 16 heavy (non-hydrogen) atoms. The van der Waals surface area contributed by atoms with Crippen LogP contribution in [0.5, 0.6) is 0 Å². The van der Waals surface area contributed by atoms with Gasteiger partial charge in [-0.3, -0.25) is 9.59 Å². The zero-order valence-electron chi connectivity index (χ0n) is 8.79. The highest BCUT2D eigenvalue weighted by Crippen LogP contribution is 2.20. The standard InChI is InChI=1S/C11H12ClNO3/c1-7-3-2-4-8(11(7)12)5-9(14)13-6-10(15)16/h2-4H,5-6H2,1H3,(H,13,14)(H,15,16). The topological polar surface area (TPSA) is 66.4 Å². The number of carbonyl (C=O) groups excluding carboxylic acids is 1. The van der Waals surface area contributed by atoms with Crippen LogP contribution in [-0.4, -0.2) is 23.5 Å². The minimum absolute atomic E-state index is 0.0911. The highest BCUT2D eigenvalue weighted by atomic mass is 35.5. The van der Waals surface area contributed by atoms with Gasteiger partial charge < -0.3 is 10.4 Å². The van der Waals surface area contributed by atoms with Crippen molar-refractivity contribution >= 4 is 23.5 Å². The van der Waals surface area contributed by atoms with Gasteiger partial charge in [-0.2, -0.15) is 0 Å². The Labute approximate surface area is 98.2 Å². The fourth-order valence-corrected chi connectivity index (χ4v) is 1.45. The van der Waals surface area contributed by atoms with E-state index in [2.05, 4.69) is 5.32 Å². The average molecular weight is 242 g/mol. The average Bonchev–Trinajstić information content (AvgIpc) is 2.22. The molecule has 2 N–H and O–H groups in total. The number of carboxylic acid groups (broad SMARTS) is 1. The minimum atomic E-state index is -1.07. The molecule has 0 saturated heterocycles. The number of hydrogen-bond donors (Lipinski definition) is 2. The van der Waals surface area contributed by atoms with Crippen molar-refractivity contribution in [1.29, 1.82) is 0 Å². The van der Waals surface area contributed by atoms with Gasteiger partial charge in [-0.25, -0.2) is 0 Å². The first-order chi connectivity index (χ1) is 7.50. The molecule has 0 radical (unpaired) electrons. The van der Waals surface area contributed by atoms with Gasteiger partial charge in [0.1, 0.15) is 6.54 Å². The Hall–Kier alpha value is -1.55. The van der Waals surface area contributed by atoms with Crippen LogP contribution in [-0.2, 0) is 16.0 Å². The molecule has 0 aliphatic rings. The summed E-state index contributed by atoms with van der Waals surface area (Å²) in [7, 11) is 0. The van der Waals surface area contributed by atoms with E-state index in [1.165, 1.54) is 0 Å². The second kappa shape index (κ2) is 5.51. The van der Waals surface area contributed by atoms with Crippen molar-refractivity contribution in [3.8, 4) is 0 Å². The second-order valence-electron chi connectivity index (χ2n) is 3.40. The third-order valence-corrected chi connectivity index (χ3v) is 2.60. The van der Waals surface area contributed by atoms with E-state index in [1.807, 2.05) is 13.0 Å². The SMILES string of the molecule is Cc1cccc(CC(=O)NCC(=O)O)c1Cl. The first kappa shape index (κ1) is 12.5. The zero-order chi connectivity index (χ0) is 12.1. The van der Waals surface area contributed by atoms with Gasteiger partial charge in [0.05, 0.1) is 6.42 Å². The maximum absolute atomic E-state index is 11.3. The Bertz CT molecular complexity index is 418. The second-order valence-corrected chi connectivity index (χ2v) is 3.77. The molecule has 0 fully saturated rings. The molecule has 86 valence electrons. The molecule has 0 spiro atoms. The van der Waals surface area contributed by atoms with Crippen LogP contribution >= 0.6 is 11.6 Å². The summed E-state index contributed by atoms with van der Waals surface area (Å²) in [5.41, 5.74) is 1.59. The fraction of sp³-hybridized carbons (Fsp3) is 0.273. The van der Waals surface area contributed by atoms with Gasteiger partial charge in [0, 0.05) is 5.02 Å². The van der Waals surface area contributed by atoms with Crippen molar-refractivity contribution < 1.29 is 14.7 Å². The van der Waals surface area contributed by atoms with Crippen LogP contribution in [0.2, 0.25) is 5.02 Å². The summed E-state index contributed by atoms with van der Waals surface area (Å²) in [6.07, 6.45) is 0.0911. The Morgan fingerprint density at radius 1 is 1.44 bits per heavy atom. The van der Waals surface area contributed by atoms with E-state index in [0.29, 0.717) is 10.6 Å². The van der Waals surface area contributed by atoms with Gasteiger partial charge in [0.25, 0.3) is 0 Å². The quantitative estimate of drug-likeness (QED) is 0.837. The van der Waals surface area contributed by atoms with E-state index in [4.69, 9.17) is 16.7 Å². The van der Waals surface area contributed by atoms with E-state index >= 15 is 0 Å². The van der Waals surface area contributed by atoms with Crippen LogP contribution in [0.4, 0.5) is 0 Å². The Morgan fingerprint density at radius 2 is 2.12 bits per heavy atom. The summed E-state index contributed by atoms with van der Waals surface area (Å²) in [5.74, 6) is -1.42. The molecule has 0 aromatic heterocycles. The number of aliphatic carboxylic acids is 1. The number of carboxylic acids is 1. The van der Waals surface area contributed by atoms with Gasteiger partial charge in [0.15, 0.2) is 0 Å². The lowest BCUT2D eigenvalue weighted by atomic mass is 10.1. The van der Waals surface area contributed by atoms with E-state index in [0.717, 1.165) is 5.56 Å². The molecule has 1 aromatic rings. The van der Waals surface area contributed by atoms with E-state index < -0.39 is 5.97 Å². The summed E-state index contributed by atoms with van der Waals surface area (Å²) in [6.45, 7) is 1.48. The predicted octanol–water partition coefficient (Wildman–Crippen LogP) is 1.39. The van der Waals surface area contributed by atoms with Crippen molar-refractivity contribution in [3.63, 3.8) is 0 Å². The molecule has 0 heterocycles. The summed E-state index contributed by atoms with van der Waals surface area (Å²) in [6, 6.07) is 5.40. The molecule has 1 amide bonds. The molecular formula is C11H12ClNO3. The lowest BCUT2D eigenvalue weighted by molar-refractivity contribution is -0.137. The first-order valence-electron chi connectivity index (χ1n) is 4.73. The van der Waals surface area contributed by atoms with E-state index in [1.54, 1.807) is 12.1 Å². The summed E-state index contributed by atoms with van der Waals surface area (Å²) in [5, 5.41) is 11.2. The van der Waals surface area contributed by atoms with Crippen LogP contribution in [0.15, 0.2) is 18.2 Å². The van der Waals surface area contributed by atoms with Gasteiger partial charge in [-0.05, 0) is 18.1 Å². The lowest BCUT2D eigenvalue weighted by Crippen LogP contribution is -2.30. The first-order valence-corrected chi connectivity index (χ1v) is 5.11. The van der Waals surface area contributed by atoms with E-state index in [-0.39, 0.29) is 18.9 Å². The number of benzene rings is 1. The van der Waals surface area contributed by atoms with Crippen LogP contribution in [0.25, 0.3) is 0 Å². The van der Waals surface area contributed by atoms with Crippen molar-refractivity contribution in [2.24, 2.45) is 0 Å². The third-order valence-electron chi connectivity index (χ3n) is 2.06. The molecular weight excluding hydrogens is 230 g/mol. The van der Waals surface area contributed by atoms with Gasteiger partial charge >= 0.3 is 5.97 Å². The highest BCUT2D eigenvalue weighted by Gasteiger charge is 2.09. The molecule has 5 heteroatoms. The number of nitrogens with one attached hydrogen (secondary N) is 1. The lowest BCUT2D eigenvalue weighted by Gasteiger charge is -2.06. The zero-order valence-corrected chi connectivity index (χ0v) is 9.54. The maximum atomic E-state index is 11.3. The van der Waals surface area contributed by atoms with Crippen molar-refractivity contribution in [1.82, 2.24) is 5.32 Å². The Kier molecular flexibility index (Phi) is 4.31. The smallest absolute Gasteiger partial charge is 0.322 e. The summed E-state index contributed by atoms with van der Waals surface area (Å²) in [4.78, 5) is 21.6. The number of halogens is 1. The number of carbonyl (C=O) groups is 2. The normalized spacial score (nSPS) is 9.88. The monoisotopic (exact) mass is 241 g/mol. The van der Waals surface area contributed by atoms with Crippen molar-refractivity contribution in [2.75, 3.05) is 6.54 Å². The molecule has 1 rings (SSSR count). The number of hydrogen-bond acceptors (Lipinski definition) is 2. The Balaban J connectivity index is 2.63. The minimum Gasteiger partial charge on any atom is -0.480 e. The van der Waals surface area contributed by atoms with Crippen LogP contribution < -0.4 is 5.32 Å². The van der Waals surface area contributed by atoms with Gasteiger partial charge in [-0.15, -0.1) is 0 Å². The summed E-state index contributed by atoms with van der Waals surface area (Å²) < 4.78 is 0. The summed E-state index contributed by atoms with van der Waals surface area (Å²) >= 11 is 6.00. The molecule has 0 saturated carbocycles. The van der Waals surface area contributed by atoms with Crippen LogP contribution in [0.3, 0.4) is 0 Å². The van der Waals surface area contributed by atoms with Crippen molar-refractivity contribution in [3.05, 3.63) is 34.3 Å². The molecule has 0 bridgehead atoms. The predicted molar refractivity (Wildman–Crippen MR) is 60.5 cm³/mol. The van der Waals surface area contributed by atoms with Crippen molar-refractivity contribution in [2.45, 2.75) is 13.3 Å². The maximum Gasteiger partial charge on any atom is 0.322 e. The van der Waals surface area contributed by atoms with Crippen LogP contribution in [0.1, 0.15) is 11.1 Å². The van der Waals surface area contributed by atoms with Gasteiger partial charge in [-0.1, -0.05) is 29.8 Å². The molecule has 1 aromatic carbocycles. The molecule has 0 unspecified atom stereocenters.